The van der Waals surface area contributed by atoms with Crippen molar-refractivity contribution in [3.8, 4) is 5.75 Å². The van der Waals surface area contributed by atoms with E-state index in [-0.39, 0.29) is 28.3 Å². The van der Waals surface area contributed by atoms with Crippen molar-refractivity contribution in [3.05, 3.63) is 39.9 Å². The van der Waals surface area contributed by atoms with Crippen LogP contribution in [0.3, 0.4) is 0 Å². The predicted molar refractivity (Wildman–Crippen MR) is 96.1 cm³/mol. The Morgan fingerprint density at radius 3 is 2.46 bits per heavy atom. The summed E-state index contributed by atoms with van der Waals surface area (Å²) in [7, 11) is 0. The number of hydrogen-bond acceptors (Lipinski definition) is 3. The van der Waals surface area contributed by atoms with Crippen LogP contribution in [0, 0.1) is 0 Å². The molecule has 2 rings (SSSR count). The number of nitrogens with zero attached hydrogens (tertiary/aromatic N) is 1. The minimum Gasteiger partial charge on any atom is -0.482 e. The summed E-state index contributed by atoms with van der Waals surface area (Å²) in [6.07, 6.45) is 3.74. The number of Topliss-reactive ketones (excluding diaryl/α,β-unsaturated/α-hetero) is 1. The number of amides is 1. The number of carbonyl (C=O) groups excluding carboxylic acids is 2. The lowest BCUT2D eigenvalue weighted by molar-refractivity contribution is -0.134. The third kappa shape index (κ3) is 4.31. The van der Waals surface area contributed by atoms with E-state index in [1.807, 2.05) is 6.92 Å². The number of benzene rings is 1. The topological polar surface area (TPSA) is 46.6 Å². The molecule has 1 aromatic rings. The molecule has 0 atom stereocenters. The summed E-state index contributed by atoms with van der Waals surface area (Å²) in [5, 5.41) is 0.261. The van der Waals surface area contributed by atoms with Gasteiger partial charge in [-0.25, -0.2) is 0 Å². The normalized spacial score (nSPS) is 14.4. The summed E-state index contributed by atoms with van der Waals surface area (Å²) in [5.74, 6) is -0.00701. The third-order valence-electron chi connectivity index (χ3n) is 4.10. The smallest absolute Gasteiger partial charge is 0.260 e. The molecule has 1 saturated heterocycles. The van der Waals surface area contributed by atoms with Crippen LogP contribution < -0.4 is 4.74 Å². The first-order valence-electron chi connectivity index (χ1n) is 8.06. The SMILES string of the molecule is C=C(CC)C(=O)c1ccc(OCC(=O)N2CCCCC2)c(Cl)c1Cl. The number of carbonyl (C=O) groups is 2. The molecule has 1 amide bonds. The molecule has 24 heavy (non-hydrogen) atoms. The van der Waals surface area contributed by atoms with Gasteiger partial charge in [0.2, 0.25) is 0 Å². The summed E-state index contributed by atoms with van der Waals surface area (Å²) in [5.41, 5.74) is 0.755. The van der Waals surface area contributed by atoms with E-state index in [4.69, 9.17) is 27.9 Å². The van der Waals surface area contributed by atoms with Gasteiger partial charge in [-0.15, -0.1) is 0 Å². The molecule has 1 aliphatic heterocycles. The maximum Gasteiger partial charge on any atom is 0.260 e. The number of allylic oxidation sites excluding steroid dienone is 1. The fourth-order valence-corrected chi connectivity index (χ4v) is 3.00. The second-order valence-corrected chi connectivity index (χ2v) is 6.51. The average molecular weight is 370 g/mol. The van der Waals surface area contributed by atoms with Gasteiger partial charge in [-0.05, 0) is 43.4 Å². The van der Waals surface area contributed by atoms with E-state index < -0.39 is 0 Å². The number of rotatable bonds is 6. The minimum atomic E-state index is -0.236. The zero-order chi connectivity index (χ0) is 17.7. The number of halogens is 2. The van der Waals surface area contributed by atoms with Crippen LogP contribution in [0.2, 0.25) is 10.0 Å². The molecule has 6 heteroatoms. The molecule has 0 unspecified atom stereocenters. The fourth-order valence-electron chi connectivity index (χ4n) is 2.54. The Labute approximate surface area is 152 Å². The predicted octanol–water partition coefficient (Wildman–Crippen LogP) is 4.53. The van der Waals surface area contributed by atoms with Crippen LogP contribution in [0.25, 0.3) is 0 Å². The monoisotopic (exact) mass is 369 g/mol. The van der Waals surface area contributed by atoms with E-state index in [9.17, 15) is 9.59 Å². The van der Waals surface area contributed by atoms with Crippen molar-refractivity contribution in [3.63, 3.8) is 0 Å². The van der Waals surface area contributed by atoms with Gasteiger partial charge in [0.25, 0.3) is 5.91 Å². The van der Waals surface area contributed by atoms with Gasteiger partial charge in [-0.3, -0.25) is 9.59 Å². The molecule has 4 nitrogen and oxygen atoms in total. The molecule has 1 aromatic carbocycles. The van der Waals surface area contributed by atoms with Crippen molar-refractivity contribution in [2.75, 3.05) is 19.7 Å². The molecule has 0 N–H and O–H groups in total. The van der Waals surface area contributed by atoms with E-state index >= 15 is 0 Å². The first-order chi connectivity index (χ1) is 11.5. The molecule has 1 heterocycles. The Morgan fingerprint density at radius 1 is 1.17 bits per heavy atom. The van der Waals surface area contributed by atoms with Crippen LogP contribution in [-0.4, -0.2) is 36.3 Å². The van der Waals surface area contributed by atoms with Crippen LogP contribution in [0.1, 0.15) is 43.0 Å². The molecule has 0 radical (unpaired) electrons. The van der Waals surface area contributed by atoms with E-state index in [2.05, 4.69) is 6.58 Å². The van der Waals surface area contributed by atoms with Crippen molar-refractivity contribution in [2.24, 2.45) is 0 Å². The number of likely N-dealkylation sites (tertiary alicyclic amines) is 1. The summed E-state index contributed by atoms with van der Waals surface area (Å²) in [4.78, 5) is 26.1. The fraction of sp³-hybridized carbons (Fsp3) is 0.444. The highest BCUT2D eigenvalue weighted by Crippen LogP contribution is 2.35. The van der Waals surface area contributed by atoms with Crippen LogP contribution in [0.15, 0.2) is 24.3 Å². The van der Waals surface area contributed by atoms with Crippen molar-refractivity contribution in [1.29, 1.82) is 0 Å². The number of ether oxygens (including phenoxy) is 1. The van der Waals surface area contributed by atoms with Crippen molar-refractivity contribution < 1.29 is 14.3 Å². The van der Waals surface area contributed by atoms with Crippen molar-refractivity contribution in [2.45, 2.75) is 32.6 Å². The highest BCUT2D eigenvalue weighted by molar-refractivity contribution is 6.45. The zero-order valence-electron chi connectivity index (χ0n) is 13.7. The van der Waals surface area contributed by atoms with Gasteiger partial charge in [0.15, 0.2) is 12.4 Å². The number of piperidine rings is 1. The van der Waals surface area contributed by atoms with E-state index in [1.165, 1.54) is 0 Å². The van der Waals surface area contributed by atoms with Gasteiger partial charge in [0, 0.05) is 18.7 Å². The number of hydrogen-bond donors (Lipinski definition) is 0. The Balaban J connectivity index is 2.06. The van der Waals surface area contributed by atoms with Gasteiger partial charge in [-0.1, -0.05) is 36.7 Å². The molecule has 0 spiro atoms. The average Bonchev–Trinajstić information content (AvgIpc) is 2.62. The minimum absolute atomic E-state index is 0.0681. The van der Waals surface area contributed by atoms with Crippen LogP contribution in [0.4, 0.5) is 0 Å². The first kappa shape index (κ1) is 18.8. The molecular formula is C18H21Cl2NO3. The van der Waals surface area contributed by atoms with Crippen molar-refractivity contribution >= 4 is 34.9 Å². The van der Waals surface area contributed by atoms with Gasteiger partial charge >= 0.3 is 0 Å². The molecule has 0 aromatic heterocycles. The Bertz CT molecular complexity index is 652. The molecule has 0 bridgehead atoms. The lowest BCUT2D eigenvalue weighted by atomic mass is 10.0. The number of ketones is 1. The maximum absolute atomic E-state index is 12.2. The summed E-state index contributed by atoms with van der Waals surface area (Å²) in [6.45, 7) is 7.01. The second-order valence-electron chi connectivity index (χ2n) is 5.76. The summed E-state index contributed by atoms with van der Waals surface area (Å²) in [6, 6.07) is 3.12. The summed E-state index contributed by atoms with van der Waals surface area (Å²) < 4.78 is 5.51. The Hall–Kier alpha value is -1.52. The standard InChI is InChI=1S/C18H21Cl2NO3/c1-3-12(2)18(23)13-7-8-14(17(20)16(13)19)24-11-15(22)21-9-5-4-6-10-21/h7-8H,2-6,9-11H2,1H3. The molecule has 1 aliphatic rings. The highest BCUT2D eigenvalue weighted by Gasteiger charge is 2.20. The maximum atomic E-state index is 12.2. The largest absolute Gasteiger partial charge is 0.482 e. The van der Waals surface area contributed by atoms with Gasteiger partial charge < -0.3 is 9.64 Å². The van der Waals surface area contributed by atoms with Gasteiger partial charge in [0.05, 0.1) is 5.02 Å². The first-order valence-corrected chi connectivity index (χ1v) is 8.82. The Morgan fingerprint density at radius 2 is 1.83 bits per heavy atom. The van der Waals surface area contributed by atoms with E-state index in [0.717, 1.165) is 32.4 Å². The molecule has 0 saturated carbocycles. The molecular weight excluding hydrogens is 349 g/mol. The van der Waals surface area contributed by atoms with Gasteiger partial charge in [0.1, 0.15) is 10.8 Å². The Kier molecular flexibility index (Phi) is 6.69. The highest BCUT2D eigenvalue weighted by atomic mass is 35.5. The van der Waals surface area contributed by atoms with Crippen molar-refractivity contribution in [1.82, 2.24) is 4.90 Å². The van der Waals surface area contributed by atoms with Crippen LogP contribution >= 0.6 is 23.2 Å². The van der Waals surface area contributed by atoms with Crippen LogP contribution in [0.5, 0.6) is 5.75 Å². The zero-order valence-corrected chi connectivity index (χ0v) is 15.3. The van der Waals surface area contributed by atoms with Crippen LogP contribution in [-0.2, 0) is 4.79 Å². The second kappa shape index (κ2) is 8.54. The van der Waals surface area contributed by atoms with E-state index in [0.29, 0.717) is 23.3 Å². The molecule has 0 aliphatic carbocycles. The quantitative estimate of drug-likeness (QED) is 0.546. The summed E-state index contributed by atoms with van der Waals surface area (Å²) >= 11 is 12.4. The van der Waals surface area contributed by atoms with E-state index in [1.54, 1.807) is 17.0 Å². The third-order valence-corrected chi connectivity index (χ3v) is 4.96. The lowest BCUT2D eigenvalue weighted by Gasteiger charge is -2.26. The van der Waals surface area contributed by atoms with Gasteiger partial charge in [-0.2, -0.15) is 0 Å². The molecule has 1 fully saturated rings. The molecule has 130 valence electrons. The lowest BCUT2D eigenvalue weighted by Crippen LogP contribution is -2.38.